The van der Waals surface area contributed by atoms with Crippen molar-refractivity contribution in [3.8, 4) is 0 Å². The van der Waals surface area contributed by atoms with E-state index in [4.69, 9.17) is 5.11 Å². The topological polar surface area (TPSA) is 63.3 Å². The van der Waals surface area contributed by atoms with Crippen LogP contribution in [0.25, 0.3) is 0 Å². The second-order valence-corrected chi connectivity index (χ2v) is 0.598. The number of carboxylic acids is 1. The molecule has 0 rings (SSSR count). The van der Waals surface area contributed by atoms with Gasteiger partial charge in [-0.25, -0.2) is 0 Å². The molecule has 0 fully saturated rings. The van der Waals surface area contributed by atoms with Gasteiger partial charge in [0.2, 0.25) is 0 Å². The van der Waals surface area contributed by atoms with Gasteiger partial charge in [0.25, 0.3) is 0 Å². The number of aliphatic carboxylic acids is 1. The van der Waals surface area contributed by atoms with Crippen LogP contribution < -0.4 is 24.6 Å². The fourth-order valence-electron chi connectivity index (χ4n) is 0. The zero-order valence-corrected chi connectivity index (χ0v) is 3.64. The molecule has 0 aliphatic rings. The van der Waals surface area contributed by atoms with Crippen molar-refractivity contribution >= 4 is 5.97 Å². The standard InChI is InChI=1S/C2H5NO2.Li.H/c3-1-2(4)5;;/h1,3H2,(H,4,5);;/q;+1;-1. The van der Waals surface area contributed by atoms with Crippen LogP contribution in [0.1, 0.15) is 1.43 Å². The number of carbonyl (C=O) groups is 1. The first-order chi connectivity index (χ1) is 2.27. The zero-order valence-electron chi connectivity index (χ0n) is 4.64. The molecule has 3 nitrogen and oxygen atoms in total. The SMILES string of the molecule is NCC(=O)O.[H-].[Li+]. The molecule has 0 spiro atoms. The number of hydrogen-bond acceptors (Lipinski definition) is 2. The van der Waals surface area contributed by atoms with E-state index >= 15 is 0 Å². The smallest absolute Gasteiger partial charge is 1.00 e. The first kappa shape index (κ1) is 9.39. The average molecular weight is 83.0 g/mol. The predicted molar refractivity (Wildman–Crippen MR) is 17.8 cm³/mol. The van der Waals surface area contributed by atoms with E-state index in [9.17, 15) is 4.79 Å². The second-order valence-electron chi connectivity index (χ2n) is 0.598. The normalized spacial score (nSPS) is 6.17. The zero-order chi connectivity index (χ0) is 4.28. The Hall–Kier alpha value is 0.0274. The van der Waals surface area contributed by atoms with Gasteiger partial charge in [0, 0.05) is 0 Å². The third kappa shape index (κ3) is 8.98. The molecule has 0 aromatic heterocycles. The number of carboxylic acid groups (broad SMARTS) is 1. The number of rotatable bonds is 1. The third-order valence-corrected chi connectivity index (χ3v) is 0.175. The molecule has 0 bridgehead atoms. The summed E-state index contributed by atoms with van der Waals surface area (Å²) in [6.45, 7) is -0.278. The molecule has 0 saturated heterocycles. The van der Waals surface area contributed by atoms with Crippen molar-refractivity contribution < 1.29 is 30.2 Å². The molecular weight excluding hydrogens is 77.0 g/mol. The molecule has 0 aromatic carbocycles. The quantitative estimate of drug-likeness (QED) is 0.319. The summed E-state index contributed by atoms with van der Waals surface area (Å²) in [6.07, 6.45) is 0. The van der Waals surface area contributed by atoms with Gasteiger partial charge >= 0.3 is 24.8 Å². The van der Waals surface area contributed by atoms with E-state index in [1.54, 1.807) is 0 Å². The number of hydrogen-bond donors (Lipinski definition) is 2. The molecule has 0 aliphatic carbocycles. The Bertz CT molecular complexity index is 51.0. The van der Waals surface area contributed by atoms with E-state index in [2.05, 4.69) is 5.73 Å². The molecule has 0 aliphatic heterocycles. The molecule has 0 heterocycles. The fourth-order valence-corrected chi connectivity index (χ4v) is 0. The van der Waals surface area contributed by atoms with E-state index in [-0.39, 0.29) is 26.8 Å². The Kier molecular flexibility index (Phi) is 7.87. The van der Waals surface area contributed by atoms with Crippen LogP contribution in [0.3, 0.4) is 0 Å². The van der Waals surface area contributed by atoms with Crippen LogP contribution in [0.5, 0.6) is 0 Å². The Morgan fingerprint density at radius 2 is 2.17 bits per heavy atom. The van der Waals surface area contributed by atoms with Crippen LogP contribution in [-0.4, -0.2) is 17.6 Å². The summed E-state index contributed by atoms with van der Waals surface area (Å²) in [5.74, 6) is -0.968. The van der Waals surface area contributed by atoms with E-state index in [0.717, 1.165) is 0 Å². The molecule has 0 unspecified atom stereocenters. The predicted octanol–water partition coefficient (Wildman–Crippen LogP) is -3.85. The summed E-state index contributed by atoms with van der Waals surface area (Å²) in [4.78, 5) is 9.24. The maximum absolute atomic E-state index is 9.24. The first-order valence-corrected chi connectivity index (χ1v) is 1.19. The van der Waals surface area contributed by atoms with Crippen LogP contribution in [0, 0.1) is 0 Å². The molecular formula is C2H6LiNO2. The Balaban J connectivity index is -0.0000000800. The van der Waals surface area contributed by atoms with Gasteiger partial charge in [0.15, 0.2) is 0 Å². The van der Waals surface area contributed by atoms with Crippen LogP contribution >= 0.6 is 0 Å². The van der Waals surface area contributed by atoms with Gasteiger partial charge in [-0.2, -0.15) is 0 Å². The second kappa shape index (κ2) is 5.03. The third-order valence-electron chi connectivity index (χ3n) is 0.175. The van der Waals surface area contributed by atoms with Gasteiger partial charge in [-0.15, -0.1) is 0 Å². The summed E-state index contributed by atoms with van der Waals surface area (Å²) in [5.41, 5.74) is 4.57. The summed E-state index contributed by atoms with van der Waals surface area (Å²) in [7, 11) is 0. The molecule has 0 saturated carbocycles. The largest absolute Gasteiger partial charge is 1.00 e. The van der Waals surface area contributed by atoms with E-state index < -0.39 is 5.97 Å². The van der Waals surface area contributed by atoms with E-state index in [1.807, 2.05) is 0 Å². The molecule has 0 radical (unpaired) electrons. The molecule has 0 atom stereocenters. The maximum atomic E-state index is 9.24. The van der Waals surface area contributed by atoms with Crippen molar-refractivity contribution in [2.75, 3.05) is 6.54 Å². The molecule has 32 valence electrons. The van der Waals surface area contributed by atoms with Crippen LogP contribution in [0.15, 0.2) is 0 Å². The minimum absolute atomic E-state index is 0. The Morgan fingerprint density at radius 1 is 2.00 bits per heavy atom. The van der Waals surface area contributed by atoms with Crippen LogP contribution in [0.4, 0.5) is 0 Å². The minimum Gasteiger partial charge on any atom is -1.00 e. The van der Waals surface area contributed by atoms with Crippen LogP contribution in [0.2, 0.25) is 0 Å². The summed E-state index contributed by atoms with van der Waals surface area (Å²) >= 11 is 0. The first-order valence-electron chi connectivity index (χ1n) is 1.19. The number of nitrogens with two attached hydrogens (primary N) is 1. The van der Waals surface area contributed by atoms with Gasteiger partial charge in [-0.3, -0.25) is 4.79 Å². The monoisotopic (exact) mass is 83.1 g/mol. The fraction of sp³-hybridized carbons (Fsp3) is 0.500. The van der Waals surface area contributed by atoms with Crippen molar-refractivity contribution in [1.82, 2.24) is 0 Å². The maximum Gasteiger partial charge on any atom is 1.00 e. The van der Waals surface area contributed by atoms with E-state index in [0.29, 0.717) is 0 Å². The molecule has 6 heavy (non-hydrogen) atoms. The van der Waals surface area contributed by atoms with Gasteiger partial charge < -0.3 is 12.3 Å². The Morgan fingerprint density at radius 3 is 2.17 bits per heavy atom. The van der Waals surface area contributed by atoms with E-state index in [1.165, 1.54) is 0 Å². The van der Waals surface area contributed by atoms with Crippen molar-refractivity contribution in [3.63, 3.8) is 0 Å². The van der Waals surface area contributed by atoms with Gasteiger partial charge in [0.05, 0.1) is 6.54 Å². The van der Waals surface area contributed by atoms with Crippen molar-refractivity contribution in [2.45, 2.75) is 0 Å². The van der Waals surface area contributed by atoms with Crippen molar-refractivity contribution in [2.24, 2.45) is 5.73 Å². The van der Waals surface area contributed by atoms with Crippen molar-refractivity contribution in [3.05, 3.63) is 0 Å². The van der Waals surface area contributed by atoms with Crippen molar-refractivity contribution in [1.29, 1.82) is 0 Å². The summed E-state index contributed by atoms with van der Waals surface area (Å²) < 4.78 is 0. The van der Waals surface area contributed by atoms with Gasteiger partial charge in [-0.1, -0.05) is 0 Å². The molecule has 0 aromatic rings. The molecule has 3 N–H and O–H groups in total. The van der Waals surface area contributed by atoms with Crippen LogP contribution in [-0.2, 0) is 4.79 Å². The average Bonchev–Trinajstić information content (AvgIpc) is 1.38. The minimum atomic E-state index is -0.968. The van der Waals surface area contributed by atoms with Gasteiger partial charge in [0.1, 0.15) is 0 Å². The molecule has 0 amide bonds. The summed E-state index contributed by atoms with van der Waals surface area (Å²) in [5, 5.41) is 7.60. The summed E-state index contributed by atoms with van der Waals surface area (Å²) in [6, 6.07) is 0. The van der Waals surface area contributed by atoms with Gasteiger partial charge in [-0.05, 0) is 0 Å². The Labute approximate surface area is 49.2 Å². The molecule has 4 heteroatoms.